The SMILES string of the molecule is COc1ccc(NC(=O)c2ccc(Nc3ccccc3C#N)cn2)cc1. The highest BCUT2D eigenvalue weighted by atomic mass is 16.5. The number of carbonyl (C=O) groups is 1. The molecule has 1 aromatic heterocycles. The number of carbonyl (C=O) groups excluding carboxylic acids is 1. The van der Waals surface area contributed by atoms with Crippen molar-refractivity contribution in [3.8, 4) is 11.8 Å². The summed E-state index contributed by atoms with van der Waals surface area (Å²) < 4.78 is 5.09. The summed E-state index contributed by atoms with van der Waals surface area (Å²) in [5, 5.41) is 15.0. The van der Waals surface area contributed by atoms with E-state index in [9.17, 15) is 4.79 Å². The fourth-order valence-corrected chi connectivity index (χ4v) is 2.32. The van der Waals surface area contributed by atoms with Gasteiger partial charge >= 0.3 is 0 Å². The van der Waals surface area contributed by atoms with Crippen LogP contribution in [0.2, 0.25) is 0 Å². The quantitative estimate of drug-likeness (QED) is 0.731. The number of aromatic nitrogens is 1. The van der Waals surface area contributed by atoms with Crippen LogP contribution in [0.15, 0.2) is 66.9 Å². The minimum Gasteiger partial charge on any atom is -0.497 e. The zero-order valence-corrected chi connectivity index (χ0v) is 14.1. The molecule has 6 heteroatoms. The molecule has 2 N–H and O–H groups in total. The maximum Gasteiger partial charge on any atom is 0.274 e. The van der Waals surface area contributed by atoms with Crippen molar-refractivity contribution in [3.63, 3.8) is 0 Å². The molecule has 1 heterocycles. The molecule has 0 radical (unpaired) electrons. The van der Waals surface area contributed by atoms with Crippen molar-refractivity contribution >= 4 is 23.0 Å². The summed E-state index contributed by atoms with van der Waals surface area (Å²) in [6, 6.07) is 19.7. The Morgan fingerprint density at radius 3 is 2.42 bits per heavy atom. The van der Waals surface area contributed by atoms with Crippen LogP contribution in [0.5, 0.6) is 5.75 Å². The molecule has 0 spiro atoms. The van der Waals surface area contributed by atoms with E-state index in [2.05, 4.69) is 21.7 Å². The monoisotopic (exact) mass is 344 g/mol. The van der Waals surface area contributed by atoms with Gasteiger partial charge in [-0.15, -0.1) is 0 Å². The van der Waals surface area contributed by atoms with E-state index in [-0.39, 0.29) is 5.91 Å². The number of nitriles is 1. The third-order valence-electron chi connectivity index (χ3n) is 3.67. The van der Waals surface area contributed by atoms with Crippen molar-refractivity contribution in [1.29, 1.82) is 5.26 Å². The number of nitrogens with zero attached hydrogens (tertiary/aromatic N) is 2. The fourth-order valence-electron chi connectivity index (χ4n) is 2.32. The highest BCUT2D eigenvalue weighted by Gasteiger charge is 2.08. The van der Waals surface area contributed by atoms with Crippen LogP contribution in [-0.2, 0) is 0 Å². The molecule has 0 unspecified atom stereocenters. The van der Waals surface area contributed by atoms with E-state index in [1.54, 1.807) is 61.8 Å². The molecule has 0 saturated heterocycles. The van der Waals surface area contributed by atoms with Crippen LogP contribution in [0, 0.1) is 11.3 Å². The minimum absolute atomic E-state index is 0.292. The summed E-state index contributed by atoms with van der Waals surface area (Å²) in [6.45, 7) is 0. The van der Waals surface area contributed by atoms with Crippen LogP contribution in [-0.4, -0.2) is 18.0 Å². The van der Waals surface area contributed by atoms with Gasteiger partial charge in [-0.2, -0.15) is 5.26 Å². The number of anilines is 3. The van der Waals surface area contributed by atoms with E-state index in [0.717, 1.165) is 0 Å². The molecule has 2 aromatic carbocycles. The minimum atomic E-state index is -0.306. The van der Waals surface area contributed by atoms with Crippen LogP contribution in [0.3, 0.4) is 0 Å². The molecule has 128 valence electrons. The van der Waals surface area contributed by atoms with E-state index >= 15 is 0 Å². The number of benzene rings is 2. The molecule has 1 amide bonds. The van der Waals surface area contributed by atoms with E-state index in [0.29, 0.717) is 34.1 Å². The number of hydrogen-bond donors (Lipinski definition) is 2. The Morgan fingerprint density at radius 1 is 1.04 bits per heavy atom. The highest BCUT2D eigenvalue weighted by Crippen LogP contribution is 2.20. The van der Waals surface area contributed by atoms with E-state index in [1.807, 2.05) is 12.1 Å². The van der Waals surface area contributed by atoms with Crippen molar-refractivity contribution in [2.75, 3.05) is 17.7 Å². The molecular weight excluding hydrogens is 328 g/mol. The molecule has 3 aromatic rings. The maximum atomic E-state index is 12.3. The number of rotatable bonds is 5. The molecular formula is C20H16N4O2. The molecule has 0 aliphatic heterocycles. The summed E-state index contributed by atoms with van der Waals surface area (Å²) in [7, 11) is 1.59. The Kier molecular flexibility index (Phi) is 5.11. The first-order valence-electron chi connectivity index (χ1n) is 7.87. The van der Waals surface area contributed by atoms with Crippen LogP contribution in [0.25, 0.3) is 0 Å². The van der Waals surface area contributed by atoms with Crippen LogP contribution in [0.1, 0.15) is 16.1 Å². The fraction of sp³-hybridized carbons (Fsp3) is 0.0500. The maximum absolute atomic E-state index is 12.3. The molecule has 0 atom stereocenters. The van der Waals surface area contributed by atoms with Crippen molar-refractivity contribution in [2.24, 2.45) is 0 Å². The molecule has 6 nitrogen and oxygen atoms in total. The zero-order valence-electron chi connectivity index (χ0n) is 14.1. The predicted molar refractivity (Wildman–Crippen MR) is 99.6 cm³/mol. The Bertz CT molecular complexity index is 945. The number of hydrogen-bond acceptors (Lipinski definition) is 5. The van der Waals surface area contributed by atoms with Gasteiger partial charge in [0.1, 0.15) is 17.5 Å². The van der Waals surface area contributed by atoms with Crippen molar-refractivity contribution < 1.29 is 9.53 Å². The van der Waals surface area contributed by atoms with Crippen molar-refractivity contribution in [2.45, 2.75) is 0 Å². The number of nitrogens with one attached hydrogen (secondary N) is 2. The number of pyridine rings is 1. The predicted octanol–water partition coefficient (Wildman–Crippen LogP) is 3.96. The molecule has 0 saturated carbocycles. The van der Waals surface area contributed by atoms with Crippen LogP contribution in [0.4, 0.5) is 17.1 Å². The number of para-hydroxylation sites is 1. The van der Waals surface area contributed by atoms with Gasteiger partial charge in [-0.1, -0.05) is 12.1 Å². The molecule has 0 aliphatic rings. The Morgan fingerprint density at radius 2 is 1.77 bits per heavy atom. The van der Waals surface area contributed by atoms with E-state index in [1.165, 1.54) is 0 Å². The molecule has 0 aliphatic carbocycles. The lowest BCUT2D eigenvalue weighted by molar-refractivity contribution is 0.102. The summed E-state index contributed by atoms with van der Waals surface area (Å²) in [5.74, 6) is 0.411. The normalized spacial score (nSPS) is 9.85. The largest absolute Gasteiger partial charge is 0.497 e. The second-order valence-electron chi connectivity index (χ2n) is 5.40. The van der Waals surface area contributed by atoms with Gasteiger partial charge in [-0.05, 0) is 48.5 Å². The first kappa shape index (κ1) is 17.0. The smallest absolute Gasteiger partial charge is 0.274 e. The van der Waals surface area contributed by atoms with Gasteiger partial charge < -0.3 is 15.4 Å². The standard InChI is InChI=1S/C20H16N4O2/c1-26-17-9-6-15(7-10-17)24-20(25)19-11-8-16(13-22-19)23-18-5-3-2-4-14(18)12-21/h2-11,13,23H,1H3,(H,24,25). The average Bonchev–Trinajstić information content (AvgIpc) is 2.69. The van der Waals surface area contributed by atoms with Crippen molar-refractivity contribution in [3.05, 3.63) is 78.1 Å². The van der Waals surface area contributed by atoms with Gasteiger partial charge in [-0.3, -0.25) is 4.79 Å². The number of amides is 1. The summed E-state index contributed by atoms with van der Waals surface area (Å²) in [5.41, 5.74) is 2.86. The molecule has 0 bridgehead atoms. The lowest BCUT2D eigenvalue weighted by atomic mass is 10.2. The van der Waals surface area contributed by atoms with Gasteiger partial charge in [0.25, 0.3) is 5.91 Å². The topological polar surface area (TPSA) is 87.0 Å². The lowest BCUT2D eigenvalue weighted by Crippen LogP contribution is -2.13. The van der Waals surface area contributed by atoms with Crippen LogP contribution < -0.4 is 15.4 Å². The van der Waals surface area contributed by atoms with Gasteiger partial charge in [0.2, 0.25) is 0 Å². The summed E-state index contributed by atoms with van der Waals surface area (Å²) in [4.78, 5) is 16.4. The third kappa shape index (κ3) is 3.97. The molecule has 26 heavy (non-hydrogen) atoms. The van der Waals surface area contributed by atoms with Gasteiger partial charge in [-0.25, -0.2) is 4.98 Å². The van der Waals surface area contributed by atoms with Gasteiger partial charge in [0.05, 0.1) is 30.2 Å². The Balaban J connectivity index is 1.68. The first-order valence-corrected chi connectivity index (χ1v) is 7.87. The average molecular weight is 344 g/mol. The zero-order chi connectivity index (χ0) is 18.4. The van der Waals surface area contributed by atoms with E-state index in [4.69, 9.17) is 10.00 Å². The number of ether oxygens (including phenoxy) is 1. The third-order valence-corrected chi connectivity index (χ3v) is 3.67. The van der Waals surface area contributed by atoms with E-state index < -0.39 is 0 Å². The summed E-state index contributed by atoms with van der Waals surface area (Å²) >= 11 is 0. The second kappa shape index (κ2) is 7.81. The van der Waals surface area contributed by atoms with Gasteiger partial charge in [0, 0.05) is 5.69 Å². The number of methoxy groups -OCH3 is 1. The Labute approximate surface area is 151 Å². The summed E-state index contributed by atoms with van der Waals surface area (Å²) in [6.07, 6.45) is 1.55. The van der Waals surface area contributed by atoms with Crippen molar-refractivity contribution in [1.82, 2.24) is 4.98 Å². The lowest BCUT2D eigenvalue weighted by Gasteiger charge is -2.09. The Hall–Kier alpha value is -3.85. The highest BCUT2D eigenvalue weighted by molar-refractivity contribution is 6.03. The van der Waals surface area contributed by atoms with Crippen LogP contribution >= 0.6 is 0 Å². The molecule has 0 fully saturated rings. The van der Waals surface area contributed by atoms with Gasteiger partial charge in [0.15, 0.2) is 0 Å². The second-order valence-corrected chi connectivity index (χ2v) is 5.40. The molecule has 3 rings (SSSR count). The first-order chi connectivity index (χ1) is 12.7.